The summed E-state index contributed by atoms with van der Waals surface area (Å²) in [5.74, 6) is -0.113. The van der Waals surface area contributed by atoms with Gasteiger partial charge in [-0.05, 0) is 36.4 Å². The number of rotatable bonds is 1. The Bertz CT molecular complexity index is 509. The van der Waals surface area contributed by atoms with Gasteiger partial charge in [-0.1, -0.05) is 0 Å². The lowest BCUT2D eigenvalue weighted by Gasteiger charge is -2.01. The number of aromatic nitrogens is 1. The fourth-order valence-corrected chi connectivity index (χ4v) is 1.37. The van der Waals surface area contributed by atoms with E-state index in [2.05, 4.69) is 10.2 Å². The number of hydrogen-bond donors (Lipinski definition) is 1. The van der Waals surface area contributed by atoms with Gasteiger partial charge in [0.25, 0.3) is 0 Å². The van der Waals surface area contributed by atoms with Crippen LogP contribution in [0.4, 0.5) is 5.69 Å². The lowest BCUT2D eigenvalue weighted by molar-refractivity contribution is 0.477. The van der Waals surface area contributed by atoms with Crippen LogP contribution in [0, 0.1) is 11.8 Å². The highest BCUT2D eigenvalue weighted by Gasteiger charge is 2.07. The van der Waals surface area contributed by atoms with Gasteiger partial charge in [-0.25, -0.2) is 0 Å². The van der Waals surface area contributed by atoms with Gasteiger partial charge in [0.2, 0.25) is 0 Å². The monoisotopic (exact) mass is 188 g/mol. The maximum atomic E-state index is 10.5. The summed E-state index contributed by atoms with van der Waals surface area (Å²) in [7, 11) is 0. The van der Waals surface area contributed by atoms with Crippen molar-refractivity contribution in [3.63, 3.8) is 0 Å². The van der Waals surface area contributed by atoms with Crippen molar-refractivity contribution in [2.45, 2.75) is 6.92 Å². The molecule has 0 aliphatic heterocycles. The van der Waals surface area contributed by atoms with Crippen LogP contribution in [0.25, 0.3) is 10.9 Å². The molecule has 0 atom stereocenters. The van der Waals surface area contributed by atoms with E-state index in [0.717, 1.165) is 5.69 Å². The first-order chi connectivity index (χ1) is 6.72. The number of nitroso groups, excluding NO2 is 1. The molecule has 0 fully saturated rings. The van der Waals surface area contributed by atoms with Crippen molar-refractivity contribution in [3.8, 4) is 5.75 Å². The number of pyridine rings is 1. The molecule has 1 N–H and O–H groups in total. The molecule has 70 valence electrons. The van der Waals surface area contributed by atoms with E-state index in [4.69, 9.17) is 0 Å². The van der Waals surface area contributed by atoms with Crippen molar-refractivity contribution in [1.29, 1.82) is 0 Å². The first kappa shape index (κ1) is 8.62. The fourth-order valence-electron chi connectivity index (χ4n) is 1.37. The predicted octanol–water partition coefficient (Wildman–Crippen LogP) is 2.65. The van der Waals surface area contributed by atoms with Crippen LogP contribution in [-0.2, 0) is 0 Å². The summed E-state index contributed by atoms with van der Waals surface area (Å²) in [6.45, 7) is 1.86. The lowest BCUT2D eigenvalue weighted by atomic mass is 10.1. The van der Waals surface area contributed by atoms with Crippen LogP contribution in [0.3, 0.4) is 0 Å². The van der Waals surface area contributed by atoms with Crippen LogP contribution in [0.1, 0.15) is 5.69 Å². The maximum Gasteiger partial charge on any atom is 0.158 e. The van der Waals surface area contributed by atoms with E-state index in [1.54, 1.807) is 18.2 Å². The SMILES string of the molecule is Cc1ccc2c(N=O)c(O)ccc2n1. The zero-order chi connectivity index (χ0) is 10.1. The van der Waals surface area contributed by atoms with Crippen LogP contribution >= 0.6 is 0 Å². The highest BCUT2D eigenvalue weighted by atomic mass is 16.3. The Morgan fingerprint density at radius 3 is 2.79 bits per heavy atom. The summed E-state index contributed by atoms with van der Waals surface area (Å²) in [6.07, 6.45) is 0. The standard InChI is InChI=1S/C10H8N2O2/c1-6-2-3-7-8(11-6)4-5-9(13)10(7)12-14/h2-5,13H,1H3. The minimum atomic E-state index is -0.113. The molecular formula is C10H8N2O2. The van der Waals surface area contributed by atoms with Gasteiger partial charge in [0.15, 0.2) is 5.69 Å². The van der Waals surface area contributed by atoms with Crippen LogP contribution in [-0.4, -0.2) is 10.1 Å². The van der Waals surface area contributed by atoms with Crippen molar-refractivity contribution < 1.29 is 5.11 Å². The molecule has 0 aliphatic carbocycles. The molecule has 1 aromatic heterocycles. The fraction of sp³-hybridized carbons (Fsp3) is 0.100. The van der Waals surface area contributed by atoms with Gasteiger partial charge < -0.3 is 5.11 Å². The largest absolute Gasteiger partial charge is 0.506 e. The molecule has 0 spiro atoms. The van der Waals surface area contributed by atoms with Crippen molar-refractivity contribution in [2.75, 3.05) is 0 Å². The number of phenolic OH excluding ortho intramolecular Hbond substituents is 1. The molecule has 0 radical (unpaired) electrons. The number of hydrogen-bond acceptors (Lipinski definition) is 4. The zero-order valence-corrected chi connectivity index (χ0v) is 7.56. The van der Waals surface area contributed by atoms with E-state index < -0.39 is 0 Å². The Labute approximate surface area is 80.2 Å². The molecule has 1 aromatic carbocycles. The van der Waals surface area contributed by atoms with Crippen molar-refractivity contribution in [3.05, 3.63) is 34.9 Å². The van der Waals surface area contributed by atoms with Gasteiger partial charge in [0.1, 0.15) is 5.75 Å². The number of fused-ring (bicyclic) bond motifs is 1. The summed E-state index contributed by atoms with van der Waals surface area (Å²) in [6, 6.07) is 6.59. The van der Waals surface area contributed by atoms with E-state index in [1.165, 1.54) is 6.07 Å². The van der Waals surface area contributed by atoms with E-state index in [0.29, 0.717) is 10.9 Å². The number of phenols is 1. The second-order valence-electron chi connectivity index (χ2n) is 3.04. The highest BCUT2D eigenvalue weighted by Crippen LogP contribution is 2.33. The molecule has 4 nitrogen and oxygen atoms in total. The first-order valence-electron chi connectivity index (χ1n) is 4.15. The van der Waals surface area contributed by atoms with Gasteiger partial charge >= 0.3 is 0 Å². The third-order valence-corrected chi connectivity index (χ3v) is 2.05. The summed E-state index contributed by atoms with van der Waals surface area (Å²) < 4.78 is 0. The zero-order valence-electron chi connectivity index (χ0n) is 7.56. The first-order valence-corrected chi connectivity index (χ1v) is 4.15. The third-order valence-electron chi connectivity index (χ3n) is 2.05. The minimum absolute atomic E-state index is 0.0509. The second kappa shape index (κ2) is 3.06. The Kier molecular flexibility index (Phi) is 1.89. The third kappa shape index (κ3) is 1.21. The molecule has 4 heteroatoms. The second-order valence-corrected chi connectivity index (χ2v) is 3.04. The van der Waals surface area contributed by atoms with Crippen molar-refractivity contribution in [2.24, 2.45) is 5.18 Å². The number of benzene rings is 1. The Hall–Kier alpha value is -1.97. The summed E-state index contributed by atoms with van der Waals surface area (Å²) in [5, 5.41) is 12.7. The molecule has 0 unspecified atom stereocenters. The lowest BCUT2D eigenvalue weighted by Crippen LogP contribution is -1.83. The molecule has 2 aromatic rings. The quantitative estimate of drug-likeness (QED) is 0.699. The highest BCUT2D eigenvalue weighted by molar-refractivity contribution is 5.92. The van der Waals surface area contributed by atoms with Crippen molar-refractivity contribution >= 4 is 16.6 Å². The smallest absolute Gasteiger partial charge is 0.158 e. The number of aryl methyl sites for hydroxylation is 1. The van der Waals surface area contributed by atoms with Crippen LogP contribution in [0.15, 0.2) is 29.4 Å². The molecular weight excluding hydrogens is 180 g/mol. The molecule has 1 heterocycles. The average Bonchev–Trinajstić information content (AvgIpc) is 2.18. The van der Waals surface area contributed by atoms with Crippen LogP contribution < -0.4 is 0 Å². The average molecular weight is 188 g/mol. The van der Waals surface area contributed by atoms with Crippen molar-refractivity contribution in [1.82, 2.24) is 4.98 Å². The Balaban J connectivity index is 2.88. The van der Waals surface area contributed by atoms with Gasteiger partial charge in [0, 0.05) is 11.1 Å². The van der Waals surface area contributed by atoms with Gasteiger partial charge in [-0.2, -0.15) is 0 Å². The molecule has 0 amide bonds. The maximum absolute atomic E-state index is 10.5. The van der Waals surface area contributed by atoms with E-state index in [9.17, 15) is 10.0 Å². The van der Waals surface area contributed by atoms with Gasteiger partial charge in [-0.3, -0.25) is 4.98 Å². The molecule has 14 heavy (non-hydrogen) atoms. The topological polar surface area (TPSA) is 62.5 Å². The minimum Gasteiger partial charge on any atom is -0.506 e. The molecule has 0 bridgehead atoms. The molecule has 2 rings (SSSR count). The van der Waals surface area contributed by atoms with Gasteiger partial charge in [0.05, 0.1) is 5.52 Å². The summed E-state index contributed by atoms with van der Waals surface area (Å²) >= 11 is 0. The number of nitrogens with zero attached hydrogens (tertiary/aromatic N) is 2. The Morgan fingerprint density at radius 1 is 1.29 bits per heavy atom. The van der Waals surface area contributed by atoms with E-state index >= 15 is 0 Å². The van der Waals surface area contributed by atoms with Crippen LogP contribution in [0.2, 0.25) is 0 Å². The molecule has 0 saturated carbocycles. The predicted molar refractivity (Wildman–Crippen MR) is 53.6 cm³/mol. The molecule has 0 aliphatic rings. The Morgan fingerprint density at radius 2 is 2.07 bits per heavy atom. The van der Waals surface area contributed by atoms with E-state index in [-0.39, 0.29) is 11.4 Å². The summed E-state index contributed by atoms with van der Waals surface area (Å²) in [4.78, 5) is 14.7. The number of aromatic hydroxyl groups is 1. The van der Waals surface area contributed by atoms with E-state index in [1.807, 2.05) is 6.92 Å². The summed E-state index contributed by atoms with van der Waals surface area (Å²) in [5.41, 5.74) is 1.58. The van der Waals surface area contributed by atoms with Gasteiger partial charge in [-0.15, -0.1) is 4.91 Å². The van der Waals surface area contributed by atoms with Crippen LogP contribution in [0.5, 0.6) is 5.75 Å². The molecule has 0 saturated heterocycles. The normalized spacial score (nSPS) is 10.4.